The van der Waals surface area contributed by atoms with Crippen molar-refractivity contribution in [2.45, 2.75) is 31.8 Å². The number of hydrogen-bond donors (Lipinski definition) is 0. The molecule has 122 valence electrons. The summed E-state index contributed by atoms with van der Waals surface area (Å²) in [6, 6.07) is 0. The molecule has 1 atom stereocenters. The van der Waals surface area contributed by atoms with E-state index < -0.39 is 0 Å². The van der Waals surface area contributed by atoms with Crippen LogP contribution in [0.4, 0.5) is 0 Å². The van der Waals surface area contributed by atoms with Gasteiger partial charge in [-0.3, -0.25) is 4.79 Å². The fourth-order valence-corrected chi connectivity index (χ4v) is 3.69. The van der Waals surface area contributed by atoms with E-state index in [0.717, 1.165) is 23.9 Å². The SMILES string of the molecule is COC[C@@H]1CN(C(=O)c2cscn2)Cc2nnn(CC3CC3)c21. The number of amides is 1. The van der Waals surface area contributed by atoms with Gasteiger partial charge in [-0.25, -0.2) is 9.67 Å². The number of ether oxygens (including phenoxy) is 1. The van der Waals surface area contributed by atoms with Crippen LogP contribution < -0.4 is 0 Å². The Balaban J connectivity index is 1.60. The molecule has 2 aromatic rings. The zero-order valence-electron chi connectivity index (χ0n) is 13.0. The lowest BCUT2D eigenvalue weighted by Crippen LogP contribution is -2.40. The molecular weight excluding hydrogens is 314 g/mol. The molecule has 1 fully saturated rings. The number of hydrogen-bond acceptors (Lipinski definition) is 6. The Hall–Kier alpha value is -1.80. The molecule has 0 unspecified atom stereocenters. The first-order valence-electron chi connectivity index (χ1n) is 7.85. The van der Waals surface area contributed by atoms with Crippen LogP contribution in [0.15, 0.2) is 10.9 Å². The van der Waals surface area contributed by atoms with Crippen molar-refractivity contribution in [3.8, 4) is 0 Å². The van der Waals surface area contributed by atoms with Crippen LogP contribution in [-0.4, -0.2) is 51.0 Å². The fourth-order valence-electron chi connectivity index (χ4n) is 3.16. The maximum atomic E-state index is 12.6. The van der Waals surface area contributed by atoms with E-state index in [1.54, 1.807) is 22.9 Å². The van der Waals surface area contributed by atoms with E-state index in [4.69, 9.17) is 4.74 Å². The zero-order chi connectivity index (χ0) is 15.8. The Morgan fingerprint density at radius 1 is 1.48 bits per heavy atom. The normalized spacial score (nSPS) is 20.6. The van der Waals surface area contributed by atoms with Gasteiger partial charge in [0, 0.05) is 31.5 Å². The van der Waals surface area contributed by atoms with Crippen molar-refractivity contribution in [2.75, 3.05) is 20.3 Å². The van der Waals surface area contributed by atoms with Crippen LogP contribution in [0.5, 0.6) is 0 Å². The number of aromatic nitrogens is 4. The molecule has 3 heterocycles. The first kappa shape index (κ1) is 14.8. The van der Waals surface area contributed by atoms with Gasteiger partial charge >= 0.3 is 0 Å². The smallest absolute Gasteiger partial charge is 0.273 e. The van der Waals surface area contributed by atoms with E-state index in [2.05, 4.69) is 15.3 Å². The zero-order valence-corrected chi connectivity index (χ0v) is 13.8. The maximum Gasteiger partial charge on any atom is 0.273 e. The second-order valence-corrected chi connectivity index (χ2v) is 6.98. The molecule has 1 aliphatic carbocycles. The molecule has 8 heteroatoms. The molecule has 0 bridgehead atoms. The maximum absolute atomic E-state index is 12.6. The highest BCUT2D eigenvalue weighted by molar-refractivity contribution is 7.07. The predicted molar refractivity (Wildman–Crippen MR) is 84.2 cm³/mol. The van der Waals surface area contributed by atoms with Crippen molar-refractivity contribution in [1.82, 2.24) is 24.9 Å². The van der Waals surface area contributed by atoms with E-state index >= 15 is 0 Å². The van der Waals surface area contributed by atoms with E-state index in [1.165, 1.54) is 24.2 Å². The summed E-state index contributed by atoms with van der Waals surface area (Å²) in [6.45, 7) is 2.61. The monoisotopic (exact) mass is 333 g/mol. The third-order valence-electron chi connectivity index (χ3n) is 4.45. The molecule has 1 aliphatic heterocycles. The Bertz CT molecular complexity index is 695. The number of carbonyl (C=O) groups excluding carboxylic acids is 1. The summed E-state index contributed by atoms with van der Waals surface area (Å²) in [5.41, 5.74) is 4.21. The molecule has 0 spiro atoms. The second kappa shape index (κ2) is 6.01. The van der Waals surface area contributed by atoms with Crippen molar-refractivity contribution in [3.63, 3.8) is 0 Å². The summed E-state index contributed by atoms with van der Waals surface area (Å²) < 4.78 is 7.41. The molecule has 4 rings (SSSR count). The van der Waals surface area contributed by atoms with Crippen LogP contribution in [0.3, 0.4) is 0 Å². The minimum Gasteiger partial charge on any atom is -0.384 e. The minimum absolute atomic E-state index is 0.0465. The lowest BCUT2D eigenvalue weighted by molar-refractivity contribution is 0.0667. The average molecular weight is 333 g/mol. The number of nitrogens with zero attached hydrogens (tertiary/aromatic N) is 5. The van der Waals surface area contributed by atoms with Gasteiger partial charge in [0.05, 0.1) is 24.4 Å². The fraction of sp³-hybridized carbons (Fsp3) is 0.600. The second-order valence-electron chi connectivity index (χ2n) is 6.26. The number of rotatable bonds is 5. The van der Waals surface area contributed by atoms with Gasteiger partial charge in [-0.05, 0) is 18.8 Å². The summed E-state index contributed by atoms with van der Waals surface area (Å²) in [5, 5.41) is 10.4. The number of methoxy groups -OCH3 is 1. The quantitative estimate of drug-likeness (QED) is 0.830. The molecule has 2 aliphatic rings. The van der Waals surface area contributed by atoms with E-state index in [9.17, 15) is 4.79 Å². The minimum atomic E-state index is -0.0465. The van der Waals surface area contributed by atoms with Crippen LogP contribution in [0, 0.1) is 5.92 Å². The molecule has 0 saturated heterocycles. The van der Waals surface area contributed by atoms with Gasteiger partial charge in [-0.2, -0.15) is 0 Å². The summed E-state index contributed by atoms with van der Waals surface area (Å²) >= 11 is 1.43. The first-order valence-corrected chi connectivity index (χ1v) is 8.79. The van der Waals surface area contributed by atoms with Crippen LogP contribution >= 0.6 is 11.3 Å². The molecule has 0 aromatic carbocycles. The predicted octanol–water partition coefficient (Wildman–Crippen LogP) is 1.53. The van der Waals surface area contributed by atoms with E-state index in [-0.39, 0.29) is 11.8 Å². The first-order chi connectivity index (χ1) is 11.3. The van der Waals surface area contributed by atoms with Gasteiger partial charge in [0.15, 0.2) is 0 Å². The highest BCUT2D eigenvalue weighted by Crippen LogP contribution is 2.34. The lowest BCUT2D eigenvalue weighted by atomic mass is 9.98. The van der Waals surface area contributed by atoms with Crippen molar-refractivity contribution < 1.29 is 9.53 Å². The number of carbonyl (C=O) groups is 1. The summed E-state index contributed by atoms with van der Waals surface area (Å²) in [5.74, 6) is 0.800. The summed E-state index contributed by atoms with van der Waals surface area (Å²) in [7, 11) is 1.69. The van der Waals surface area contributed by atoms with E-state index in [0.29, 0.717) is 25.4 Å². The lowest BCUT2D eigenvalue weighted by Gasteiger charge is -2.31. The van der Waals surface area contributed by atoms with Crippen molar-refractivity contribution in [3.05, 3.63) is 28.0 Å². The van der Waals surface area contributed by atoms with Crippen molar-refractivity contribution in [2.24, 2.45) is 5.92 Å². The molecular formula is C15H19N5O2S. The highest BCUT2D eigenvalue weighted by Gasteiger charge is 2.35. The molecule has 7 nitrogen and oxygen atoms in total. The summed E-state index contributed by atoms with van der Waals surface area (Å²) in [4.78, 5) is 18.5. The van der Waals surface area contributed by atoms with Gasteiger partial charge in [0.1, 0.15) is 11.4 Å². The van der Waals surface area contributed by atoms with E-state index in [1.807, 2.05) is 4.68 Å². The summed E-state index contributed by atoms with van der Waals surface area (Å²) in [6.07, 6.45) is 2.55. The Morgan fingerprint density at radius 3 is 3.04 bits per heavy atom. The van der Waals surface area contributed by atoms with Crippen LogP contribution in [0.2, 0.25) is 0 Å². The Kier molecular flexibility index (Phi) is 3.86. The number of fused-ring (bicyclic) bond motifs is 1. The molecule has 23 heavy (non-hydrogen) atoms. The molecule has 1 saturated carbocycles. The Morgan fingerprint density at radius 2 is 2.35 bits per heavy atom. The van der Waals surface area contributed by atoms with Gasteiger partial charge < -0.3 is 9.64 Å². The van der Waals surface area contributed by atoms with Gasteiger partial charge in [-0.15, -0.1) is 16.4 Å². The average Bonchev–Trinajstić information content (AvgIpc) is 3.04. The van der Waals surface area contributed by atoms with Crippen LogP contribution in [0.25, 0.3) is 0 Å². The standard InChI is InChI=1S/C15H19N5O2S/c1-22-7-11-5-19(15(21)13-8-23-9-16-13)6-12-14(11)20(18-17-12)4-10-2-3-10/h8-11H,2-7H2,1H3/t11-/m0/s1. The largest absolute Gasteiger partial charge is 0.384 e. The molecule has 0 N–H and O–H groups in total. The van der Waals surface area contributed by atoms with Gasteiger partial charge in [0.2, 0.25) is 0 Å². The highest BCUT2D eigenvalue weighted by atomic mass is 32.1. The van der Waals surface area contributed by atoms with Crippen molar-refractivity contribution >= 4 is 17.2 Å². The van der Waals surface area contributed by atoms with Crippen LogP contribution in [-0.2, 0) is 17.8 Å². The number of thiazole rings is 1. The van der Waals surface area contributed by atoms with Gasteiger partial charge in [0.25, 0.3) is 5.91 Å². The third kappa shape index (κ3) is 2.88. The topological polar surface area (TPSA) is 73.1 Å². The third-order valence-corrected chi connectivity index (χ3v) is 5.04. The molecule has 2 aromatic heterocycles. The Labute approximate surface area is 138 Å². The van der Waals surface area contributed by atoms with Gasteiger partial charge in [-0.1, -0.05) is 5.21 Å². The molecule has 0 radical (unpaired) electrons. The molecule has 1 amide bonds. The van der Waals surface area contributed by atoms with Crippen molar-refractivity contribution in [1.29, 1.82) is 0 Å². The van der Waals surface area contributed by atoms with Crippen LogP contribution in [0.1, 0.15) is 40.6 Å².